The van der Waals surface area contributed by atoms with Crippen LogP contribution in [-0.4, -0.2) is 55.6 Å². The average Bonchev–Trinajstić information content (AvgIpc) is 3.23. The lowest BCUT2D eigenvalue weighted by molar-refractivity contribution is 0.158. The Kier molecular flexibility index (Phi) is 6.15. The maximum Gasteiger partial charge on any atom is 0.421 e. The van der Waals surface area contributed by atoms with Gasteiger partial charge in [0.25, 0.3) is 0 Å². The highest BCUT2D eigenvalue weighted by atomic mass is 32.2. The number of aromatic nitrogens is 2. The van der Waals surface area contributed by atoms with Gasteiger partial charge in [-0.25, -0.2) is 14.5 Å². The van der Waals surface area contributed by atoms with Crippen LogP contribution in [0, 0.1) is 0 Å². The minimum atomic E-state index is -3.96. The van der Waals surface area contributed by atoms with Gasteiger partial charge in [-0.05, 0) is 42.7 Å². The summed E-state index contributed by atoms with van der Waals surface area (Å²) in [6.07, 6.45) is 3.09. The van der Waals surface area contributed by atoms with Crippen LogP contribution in [0.25, 0.3) is 27.7 Å². The van der Waals surface area contributed by atoms with Crippen LogP contribution in [0.2, 0.25) is 0 Å². The number of nitrogens with one attached hydrogen (secondary N) is 2. The Morgan fingerprint density at radius 2 is 2.06 bits per heavy atom. The molecule has 0 bridgehead atoms. The van der Waals surface area contributed by atoms with Gasteiger partial charge in [0, 0.05) is 35.9 Å². The molecular formula is C22H24N4O5S. The molecule has 0 fully saturated rings. The number of rotatable bonds is 6. The van der Waals surface area contributed by atoms with Crippen LogP contribution in [0.4, 0.5) is 4.79 Å². The van der Waals surface area contributed by atoms with Gasteiger partial charge in [0.1, 0.15) is 11.4 Å². The van der Waals surface area contributed by atoms with Gasteiger partial charge in [0.05, 0.1) is 13.7 Å². The minimum absolute atomic E-state index is 0.0939. The highest BCUT2D eigenvalue weighted by Crippen LogP contribution is 2.36. The lowest BCUT2D eigenvalue weighted by Crippen LogP contribution is -2.45. The summed E-state index contributed by atoms with van der Waals surface area (Å²) >= 11 is 0. The number of hydrogen-bond acceptors (Lipinski definition) is 6. The molecule has 0 aliphatic carbocycles. The van der Waals surface area contributed by atoms with Crippen molar-refractivity contribution in [1.82, 2.24) is 19.0 Å². The third kappa shape index (κ3) is 4.32. The van der Waals surface area contributed by atoms with E-state index in [1.807, 2.05) is 47.2 Å². The molecule has 1 amide bonds. The summed E-state index contributed by atoms with van der Waals surface area (Å²) in [5.74, 6) is 0.773. The Balaban J connectivity index is 1.60. The molecule has 0 saturated heterocycles. The highest BCUT2D eigenvalue weighted by Gasteiger charge is 2.27. The van der Waals surface area contributed by atoms with Crippen LogP contribution >= 0.6 is 0 Å². The van der Waals surface area contributed by atoms with E-state index in [9.17, 15) is 13.2 Å². The number of ether oxygens (including phenoxy) is 2. The maximum absolute atomic E-state index is 12.4. The Morgan fingerprint density at radius 3 is 2.78 bits per heavy atom. The van der Waals surface area contributed by atoms with E-state index < -0.39 is 16.3 Å². The van der Waals surface area contributed by atoms with E-state index in [4.69, 9.17) is 4.74 Å². The zero-order valence-electron chi connectivity index (χ0n) is 17.8. The van der Waals surface area contributed by atoms with Gasteiger partial charge in [0.15, 0.2) is 0 Å². The molecule has 4 rings (SSSR count). The number of pyridine rings is 1. The Labute approximate surface area is 186 Å². The van der Waals surface area contributed by atoms with E-state index in [0.717, 1.165) is 39.2 Å². The summed E-state index contributed by atoms with van der Waals surface area (Å²) in [5.41, 5.74) is 4.56. The number of H-pyrrole nitrogens is 1. The molecule has 0 unspecified atom stereocenters. The predicted octanol–water partition coefficient (Wildman–Crippen LogP) is 3.32. The molecule has 168 valence electrons. The number of benzene rings is 1. The van der Waals surface area contributed by atoms with Crippen molar-refractivity contribution in [2.24, 2.45) is 0 Å². The van der Waals surface area contributed by atoms with Gasteiger partial charge in [-0.15, -0.1) is 0 Å². The highest BCUT2D eigenvalue weighted by molar-refractivity contribution is 7.87. The third-order valence-corrected chi connectivity index (χ3v) is 6.71. The molecule has 2 N–H and O–H groups in total. The van der Waals surface area contributed by atoms with Crippen molar-refractivity contribution < 1.29 is 22.7 Å². The minimum Gasteiger partial charge on any atom is -0.496 e. The first kappa shape index (κ1) is 21.8. The SMILES string of the molecule is CCOC(=O)NS(=O)(=O)N1CC=C(c2cc3c(-c4ccccc4OC)ccnc3[nH]2)CC1. The summed E-state index contributed by atoms with van der Waals surface area (Å²) in [4.78, 5) is 19.3. The summed E-state index contributed by atoms with van der Waals surface area (Å²) in [7, 11) is -2.32. The number of carbonyl (C=O) groups excluding carboxylic acids is 1. The number of para-hydroxylation sites is 1. The van der Waals surface area contributed by atoms with Gasteiger partial charge in [-0.3, -0.25) is 0 Å². The zero-order valence-corrected chi connectivity index (χ0v) is 18.6. The first-order valence-electron chi connectivity index (χ1n) is 10.2. The first-order valence-corrected chi connectivity index (χ1v) is 11.6. The molecule has 3 heterocycles. The summed E-state index contributed by atoms with van der Waals surface area (Å²) in [5, 5.41) is 0.951. The largest absolute Gasteiger partial charge is 0.496 e. The van der Waals surface area contributed by atoms with Crippen LogP contribution in [0.1, 0.15) is 19.0 Å². The molecule has 1 aromatic carbocycles. The van der Waals surface area contributed by atoms with Crippen LogP contribution in [-0.2, 0) is 14.9 Å². The average molecular weight is 457 g/mol. The van der Waals surface area contributed by atoms with E-state index in [1.54, 1.807) is 20.2 Å². The zero-order chi connectivity index (χ0) is 22.7. The van der Waals surface area contributed by atoms with E-state index in [0.29, 0.717) is 6.42 Å². The standard InChI is InChI=1S/C22H24N4O5S/c1-3-31-22(27)25-32(28,29)26-12-9-15(10-13-26)19-14-18-16(8-11-23-21(18)24-19)17-6-4-5-7-20(17)30-2/h4-9,11,14H,3,10,12-13H2,1-2H3,(H,23,24)(H,25,27). The second kappa shape index (κ2) is 9.01. The molecular weight excluding hydrogens is 432 g/mol. The fourth-order valence-corrected chi connectivity index (χ4v) is 4.75. The molecule has 3 aromatic rings. The van der Waals surface area contributed by atoms with Crippen molar-refractivity contribution in [3.63, 3.8) is 0 Å². The molecule has 0 saturated carbocycles. The lowest BCUT2D eigenvalue weighted by Gasteiger charge is -2.25. The quantitative estimate of drug-likeness (QED) is 0.588. The molecule has 0 radical (unpaired) electrons. The first-order chi connectivity index (χ1) is 15.4. The normalized spacial score (nSPS) is 14.8. The second-order valence-electron chi connectivity index (χ2n) is 7.17. The van der Waals surface area contributed by atoms with Gasteiger partial charge < -0.3 is 14.5 Å². The molecule has 10 heteroatoms. The number of aromatic amines is 1. The molecule has 1 aliphatic rings. The number of fused-ring (bicyclic) bond motifs is 1. The Morgan fingerprint density at radius 1 is 1.25 bits per heavy atom. The van der Waals surface area contributed by atoms with E-state index in [1.165, 1.54) is 4.31 Å². The predicted molar refractivity (Wildman–Crippen MR) is 121 cm³/mol. The van der Waals surface area contributed by atoms with Gasteiger partial charge >= 0.3 is 16.3 Å². The van der Waals surface area contributed by atoms with E-state index in [2.05, 4.69) is 14.7 Å². The van der Waals surface area contributed by atoms with Crippen molar-refractivity contribution in [1.29, 1.82) is 0 Å². The second-order valence-corrected chi connectivity index (χ2v) is 8.84. The number of amides is 1. The Hall–Kier alpha value is -3.37. The molecule has 0 spiro atoms. The summed E-state index contributed by atoms with van der Waals surface area (Å²) in [6.45, 7) is 2.09. The summed E-state index contributed by atoms with van der Waals surface area (Å²) in [6, 6.07) is 11.8. The Bertz CT molecular complexity index is 1280. The van der Waals surface area contributed by atoms with Crippen molar-refractivity contribution in [2.45, 2.75) is 13.3 Å². The molecule has 9 nitrogen and oxygen atoms in total. The van der Waals surface area contributed by atoms with Gasteiger partial charge in [-0.1, -0.05) is 24.3 Å². The van der Waals surface area contributed by atoms with Crippen LogP contribution in [0.5, 0.6) is 5.75 Å². The lowest BCUT2D eigenvalue weighted by atomic mass is 10.0. The van der Waals surface area contributed by atoms with Crippen molar-refractivity contribution in [3.05, 3.63) is 54.4 Å². The van der Waals surface area contributed by atoms with E-state index in [-0.39, 0.29) is 19.7 Å². The number of hydrogen-bond donors (Lipinski definition) is 2. The van der Waals surface area contributed by atoms with Crippen molar-refractivity contribution >= 4 is 32.9 Å². The summed E-state index contributed by atoms with van der Waals surface area (Å²) < 4.78 is 38.0. The fourth-order valence-electron chi connectivity index (χ4n) is 3.75. The third-order valence-electron chi connectivity index (χ3n) is 5.27. The number of methoxy groups -OCH3 is 1. The van der Waals surface area contributed by atoms with Gasteiger partial charge in [-0.2, -0.15) is 12.7 Å². The fraction of sp³-hybridized carbons (Fsp3) is 0.273. The van der Waals surface area contributed by atoms with E-state index >= 15 is 0 Å². The maximum atomic E-state index is 12.4. The number of carbonyl (C=O) groups is 1. The molecule has 2 aromatic heterocycles. The molecule has 32 heavy (non-hydrogen) atoms. The smallest absolute Gasteiger partial charge is 0.421 e. The van der Waals surface area contributed by atoms with Crippen LogP contribution in [0.3, 0.4) is 0 Å². The van der Waals surface area contributed by atoms with Crippen molar-refractivity contribution in [2.75, 3.05) is 26.8 Å². The van der Waals surface area contributed by atoms with Gasteiger partial charge in [0.2, 0.25) is 0 Å². The molecule has 1 aliphatic heterocycles. The monoisotopic (exact) mass is 456 g/mol. The van der Waals surface area contributed by atoms with Crippen molar-refractivity contribution in [3.8, 4) is 16.9 Å². The number of nitrogens with zero attached hydrogens (tertiary/aromatic N) is 2. The van der Waals surface area contributed by atoms with Crippen LogP contribution < -0.4 is 9.46 Å². The molecule has 0 atom stereocenters. The van der Waals surface area contributed by atoms with Crippen LogP contribution in [0.15, 0.2) is 48.7 Å². The topological polar surface area (TPSA) is 114 Å².